The molecule has 162 valence electrons. The van der Waals surface area contributed by atoms with Crippen LogP contribution in [0.5, 0.6) is 5.75 Å². The number of ether oxygens (including phenoxy) is 1. The topological polar surface area (TPSA) is 60.2 Å². The van der Waals surface area contributed by atoms with Gasteiger partial charge in [0.1, 0.15) is 23.4 Å². The van der Waals surface area contributed by atoms with Crippen LogP contribution < -0.4 is 4.74 Å². The average molecular weight is 410 g/mol. The van der Waals surface area contributed by atoms with Gasteiger partial charge in [-0.2, -0.15) is 4.80 Å². The molecule has 2 atom stereocenters. The van der Waals surface area contributed by atoms with E-state index in [4.69, 9.17) is 4.74 Å². The van der Waals surface area contributed by atoms with Crippen molar-refractivity contribution >= 4 is 11.0 Å². The molecular weight excluding hydrogens is 374 g/mol. The molecule has 0 fully saturated rings. The molecule has 3 aromatic rings. The second-order valence-electron chi connectivity index (χ2n) is 9.18. The quantitative estimate of drug-likeness (QED) is 0.430. The number of benzene rings is 2. The maximum absolute atomic E-state index is 10.9. The van der Waals surface area contributed by atoms with Gasteiger partial charge in [-0.25, -0.2) is 0 Å². The Labute approximate surface area is 180 Å². The molecule has 3 rings (SSSR count). The first kappa shape index (κ1) is 22.3. The van der Waals surface area contributed by atoms with Gasteiger partial charge in [-0.1, -0.05) is 71.6 Å². The first-order valence-corrected chi connectivity index (χ1v) is 11.1. The average Bonchev–Trinajstić information content (AvgIpc) is 3.16. The van der Waals surface area contributed by atoms with Crippen LogP contribution in [-0.4, -0.2) is 32.8 Å². The number of aliphatic hydroxyl groups excluding tert-OH is 1. The Bertz CT molecular complexity index is 896. The highest BCUT2D eigenvalue weighted by molar-refractivity contribution is 5.73. The number of aromatic nitrogens is 3. The number of unbranched alkanes of at least 4 members (excludes halogenated alkanes) is 3. The maximum Gasteiger partial charge on any atom is 0.121 e. The fourth-order valence-corrected chi connectivity index (χ4v) is 3.96. The minimum Gasteiger partial charge on any atom is -0.491 e. The number of hydrogen-bond acceptors (Lipinski definition) is 4. The minimum absolute atomic E-state index is 0.0376. The Balaban J connectivity index is 1.64. The van der Waals surface area contributed by atoms with E-state index in [0.29, 0.717) is 5.75 Å². The van der Waals surface area contributed by atoms with Crippen LogP contribution in [0.1, 0.15) is 59.8 Å². The molecule has 0 bridgehead atoms. The smallest absolute Gasteiger partial charge is 0.121 e. The molecule has 0 aliphatic heterocycles. The molecule has 1 aromatic heterocycles. The lowest BCUT2D eigenvalue weighted by molar-refractivity contribution is 0.00379. The van der Waals surface area contributed by atoms with E-state index >= 15 is 0 Å². The van der Waals surface area contributed by atoms with Gasteiger partial charge in [0.15, 0.2) is 0 Å². The van der Waals surface area contributed by atoms with Crippen LogP contribution in [-0.2, 0) is 0 Å². The van der Waals surface area contributed by atoms with E-state index in [-0.39, 0.29) is 17.9 Å². The van der Waals surface area contributed by atoms with Crippen LogP contribution in [0.2, 0.25) is 0 Å². The summed E-state index contributed by atoms with van der Waals surface area (Å²) in [5.41, 5.74) is 2.59. The third-order valence-corrected chi connectivity index (χ3v) is 5.70. The monoisotopic (exact) mass is 409 g/mol. The Kier molecular flexibility index (Phi) is 7.48. The van der Waals surface area contributed by atoms with Crippen molar-refractivity contribution in [3.8, 4) is 11.4 Å². The van der Waals surface area contributed by atoms with Gasteiger partial charge in [-0.15, -0.1) is 10.2 Å². The van der Waals surface area contributed by atoms with Crippen molar-refractivity contribution in [2.45, 2.75) is 65.9 Å². The van der Waals surface area contributed by atoms with Gasteiger partial charge in [0, 0.05) is 6.07 Å². The summed E-state index contributed by atoms with van der Waals surface area (Å²) in [6, 6.07) is 15.5. The van der Waals surface area contributed by atoms with E-state index < -0.39 is 6.10 Å². The van der Waals surface area contributed by atoms with Crippen molar-refractivity contribution in [1.29, 1.82) is 0 Å². The van der Waals surface area contributed by atoms with Gasteiger partial charge in [0.25, 0.3) is 0 Å². The van der Waals surface area contributed by atoms with Crippen molar-refractivity contribution in [3.63, 3.8) is 0 Å². The van der Waals surface area contributed by atoms with Crippen molar-refractivity contribution in [1.82, 2.24) is 15.0 Å². The zero-order valence-corrected chi connectivity index (χ0v) is 18.7. The van der Waals surface area contributed by atoms with E-state index in [1.54, 1.807) is 4.80 Å². The highest BCUT2D eigenvalue weighted by atomic mass is 16.5. The van der Waals surface area contributed by atoms with E-state index in [0.717, 1.165) is 29.6 Å². The van der Waals surface area contributed by atoms with Crippen LogP contribution in [0, 0.1) is 11.3 Å². The Morgan fingerprint density at radius 1 is 0.967 bits per heavy atom. The molecule has 2 aromatic carbocycles. The Hall–Kier alpha value is -2.40. The van der Waals surface area contributed by atoms with Gasteiger partial charge in [-0.3, -0.25) is 0 Å². The molecule has 0 amide bonds. The third-order valence-electron chi connectivity index (χ3n) is 5.70. The van der Waals surface area contributed by atoms with Crippen molar-refractivity contribution in [3.05, 3.63) is 48.5 Å². The van der Waals surface area contributed by atoms with Crippen LogP contribution in [0.15, 0.2) is 48.5 Å². The molecule has 5 nitrogen and oxygen atoms in total. The van der Waals surface area contributed by atoms with E-state index in [1.807, 2.05) is 48.5 Å². The zero-order chi connectivity index (χ0) is 21.6. The molecule has 0 radical (unpaired) electrons. The number of rotatable bonds is 10. The summed E-state index contributed by atoms with van der Waals surface area (Å²) < 4.78 is 5.99. The number of aliphatic hydroxyl groups is 1. The highest BCUT2D eigenvalue weighted by Crippen LogP contribution is 2.33. The first-order valence-electron chi connectivity index (χ1n) is 11.1. The maximum atomic E-state index is 10.9. The predicted octanol–water partition coefficient (Wildman–Crippen LogP) is 5.79. The van der Waals surface area contributed by atoms with Crippen molar-refractivity contribution < 1.29 is 9.84 Å². The molecule has 30 heavy (non-hydrogen) atoms. The number of hydrogen-bond donors (Lipinski definition) is 1. The second kappa shape index (κ2) is 10.1. The molecule has 2 unspecified atom stereocenters. The molecule has 0 aliphatic rings. The Morgan fingerprint density at radius 2 is 1.67 bits per heavy atom. The lowest BCUT2D eigenvalue weighted by atomic mass is 9.74. The summed E-state index contributed by atoms with van der Waals surface area (Å²) in [7, 11) is 0. The molecular formula is C25H35N3O2. The third kappa shape index (κ3) is 5.82. The standard InChI is InChI=1S/C25H35N3O2/c1-5-6-7-8-14-21(25(2,3)4)24(29)18-30-20-13-11-12-19(17-20)28-26-22-15-9-10-16-23(22)27-28/h9-13,15-17,21,24,29H,5-8,14,18H2,1-4H3. The minimum atomic E-state index is -0.499. The number of fused-ring (bicyclic) bond motifs is 1. The fourth-order valence-electron chi connectivity index (χ4n) is 3.96. The summed E-state index contributed by atoms with van der Waals surface area (Å²) in [5.74, 6) is 0.919. The van der Waals surface area contributed by atoms with Gasteiger partial charge < -0.3 is 9.84 Å². The Morgan fingerprint density at radius 3 is 2.30 bits per heavy atom. The van der Waals surface area contributed by atoms with E-state index in [1.165, 1.54) is 19.3 Å². The molecule has 0 spiro atoms. The van der Waals surface area contributed by atoms with Gasteiger partial charge >= 0.3 is 0 Å². The lowest BCUT2D eigenvalue weighted by Gasteiger charge is -2.34. The van der Waals surface area contributed by atoms with E-state index in [2.05, 4.69) is 37.9 Å². The molecule has 0 saturated heterocycles. The number of nitrogens with zero attached hydrogens (tertiary/aromatic N) is 3. The van der Waals surface area contributed by atoms with Crippen molar-refractivity contribution in [2.75, 3.05) is 6.61 Å². The molecule has 1 N–H and O–H groups in total. The fraction of sp³-hybridized carbons (Fsp3) is 0.520. The molecule has 0 saturated carbocycles. The first-order chi connectivity index (χ1) is 14.4. The molecule has 0 aliphatic carbocycles. The predicted molar refractivity (Wildman–Crippen MR) is 122 cm³/mol. The van der Waals surface area contributed by atoms with Crippen LogP contribution >= 0.6 is 0 Å². The van der Waals surface area contributed by atoms with E-state index in [9.17, 15) is 5.11 Å². The highest BCUT2D eigenvalue weighted by Gasteiger charge is 2.31. The lowest BCUT2D eigenvalue weighted by Crippen LogP contribution is -2.36. The van der Waals surface area contributed by atoms with Crippen LogP contribution in [0.4, 0.5) is 0 Å². The van der Waals surface area contributed by atoms with Crippen molar-refractivity contribution in [2.24, 2.45) is 11.3 Å². The molecule has 5 heteroatoms. The largest absolute Gasteiger partial charge is 0.491 e. The summed E-state index contributed by atoms with van der Waals surface area (Å²) >= 11 is 0. The van der Waals surface area contributed by atoms with Gasteiger partial charge in [-0.05, 0) is 42.0 Å². The summed E-state index contributed by atoms with van der Waals surface area (Å²) in [4.78, 5) is 1.62. The van der Waals surface area contributed by atoms with Gasteiger partial charge in [0.2, 0.25) is 0 Å². The summed E-state index contributed by atoms with van der Waals surface area (Å²) in [5, 5.41) is 19.9. The zero-order valence-electron chi connectivity index (χ0n) is 18.7. The second-order valence-corrected chi connectivity index (χ2v) is 9.18. The van der Waals surface area contributed by atoms with Crippen LogP contribution in [0.25, 0.3) is 16.7 Å². The normalized spacial score (nSPS) is 14.0. The summed E-state index contributed by atoms with van der Waals surface area (Å²) in [6.07, 6.45) is 5.39. The van der Waals surface area contributed by atoms with Crippen LogP contribution in [0.3, 0.4) is 0 Å². The summed E-state index contributed by atoms with van der Waals surface area (Å²) in [6.45, 7) is 9.12. The van der Waals surface area contributed by atoms with Gasteiger partial charge in [0.05, 0.1) is 11.8 Å². The SMILES string of the molecule is CCCCCCC(C(O)COc1cccc(-n2nc3ccccc3n2)c1)C(C)(C)C. The molecule has 1 heterocycles.